The number of benzene rings is 2. The second kappa shape index (κ2) is 23.2. The van der Waals surface area contributed by atoms with E-state index in [1.807, 2.05) is 56.5 Å². The van der Waals surface area contributed by atoms with Crippen molar-refractivity contribution in [3.05, 3.63) is 104 Å². The van der Waals surface area contributed by atoms with Crippen LogP contribution in [0.3, 0.4) is 0 Å². The molecule has 8 N–H and O–H groups in total. The van der Waals surface area contributed by atoms with Crippen LogP contribution in [0.5, 0.6) is 0 Å². The number of amides is 6. The lowest BCUT2D eigenvalue weighted by Gasteiger charge is -2.36. The number of aromatic nitrogens is 4. The predicted octanol–water partition coefficient (Wildman–Crippen LogP) is 2.63. The maximum absolute atomic E-state index is 14.3. The maximum atomic E-state index is 14.3. The first-order chi connectivity index (χ1) is 35.7. The molecule has 5 aromatic rings. The van der Waals surface area contributed by atoms with Crippen molar-refractivity contribution in [2.75, 3.05) is 39.4 Å². The van der Waals surface area contributed by atoms with Crippen LogP contribution in [-0.4, -0.2) is 146 Å². The van der Waals surface area contributed by atoms with E-state index in [0.717, 1.165) is 42.7 Å². The van der Waals surface area contributed by atoms with Crippen molar-refractivity contribution < 1.29 is 43.7 Å². The first kappa shape index (κ1) is 54.8. The first-order valence-electron chi connectivity index (χ1n) is 24.5. The Morgan fingerprint density at radius 3 is 2.33 bits per heavy atom. The van der Waals surface area contributed by atoms with E-state index in [4.69, 9.17) is 21.3 Å². The topological polar surface area (TPSA) is 283 Å². The lowest BCUT2D eigenvalue weighted by molar-refractivity contribution is -0.145. The number of nitrogens with zero attached hydrogens (tertiary/aromatic N) is 6. The molecule has 6 amide bonds. The van der Waals surface area contributed by atoms with Crippen LogP contribution in [0.15, 0.2) is 59.0 Å². The Morgan fingerprint density at radius 1 is 0.920 bits per heavy atom. The first-order valence-corrected chi connectivity index (χ1v) is 26.5. The summed E-state index contributed by atoms with van der Waals surface area (Å²) in [6.45, 7) is 11.1. The van der Waals surface area contributed by atoms with Gasteiger partial charge in [0.15, 0.2) is 5.82 Å². The molecule has 0 aliphatic carbocycles. The van der Waals surface area contributed by atoms with Crippen molar-refractivity contribution in [2.24, 2.45) is 10.4 Å². The van der Waals surface area contributed by atoms with Gasteiger partial charge in [0.25, 0.3) is 0 Å². The number of aryl methyl sites for hydroxylation is 3. The Hall–Kier alpha value is -6.47. The summed E-state index contributed by atoms with van der Waals surface area (Å²) in [4.78, 5) is 96.4. The highest BCUT2D eigenvalue weighted by Gasteiger charge is 2.45. The number of nitrogens with one attached hydrogen (secondary N) is 6. The minimum atomic E-state index is -1.63. The number of hydrogen-bond acceptors (Lipinski definition) is 16. The van der Waals surface area contributed by atoms with Crippen molar-refractivity contribution in [3.63, 3.8) is 0 Å². The Bertz CT molecular complexity index is 2990. The molecule has 6 heterocycles. The fourth-order valence-corrected chi connectivity index (χ4v) is 11.4. The number of carbonyl (C=O) groups is 6. The van der Waals surface area contributed by atoms with Crippen molar-refractivity contribution in [3.8, 4) is 15.4 Å². The van der Waals surface area contributed by atoms with Gasteiger partial charge >= 0.3 is 0 Å². The maximum Gasteiger partial charge on any atom is 0.246 e. The smallest absolute Gasteiger partial charge is 0.246 e. The molecule has 24 heteroatoms. The summed E-state index contributed by atoms with van der Waals surface area (Å²) >= 11 is 9.30. The van der Waals surface area contributed by atoms with Crippen LogP contribution in [0.1, 0.15) is 90.2 Å². The number of rotatable bonds is 7. The number of aliphatic hydroxyl groups excluding tert-OH is 2. The van der Waals surface area contributed by atoms with Gasteiger partial charge in [-0.1, -0.05) is 68.8 Å². The molecule has 2 saturated heterocycles. The van der Waals surface area contributed by atoms with Crippen LogP contribution < -0.4 is 31.9 Å². The molecule has 7 atom stereocenters. The molecule has 2 fully saturated rings. The summed E-state index contributed by atoms with van der Waals surface area (Å²) in [6, 6.07) is 8.54. The Morgan fingerprint density at radius 2 is 1.64 bits per heavy atom. The molecule has 3 aliphatic heterocycles. The van der Waals surface area contributed by atoms with Gasteiger partial charge in [-0.05, 0) is 61.9 Å². The summed E-state index contributed by atoms with van der Waals surface area (Å²) in [5.41, 5.74) is 6.28. The number of carbonyl (C=O) groups excluding carboxylic acids is 6. The quantitative estimate of drug-likeness (QED) is 0.117. The van der Waals surface area contributed by atoms with Gasteiger partial charge in [-0.2, -0.15) is 0 Å². The van der Waals surface area contributed by atoms with Crippen LogP contribution in [0.25, 0.3) is 15.4 Å². The van der Waals surface area contributed by atoms with Crippen molar-refractivity contribution in [1.82, 2.24) is 56.5 Å². The van der Waals surface area contributed by atoms with Crippen LogP contribution in [0.4, 0.5) is 0 Å². The molecule has 1 unspecified atom stereocenters. The number of thiazole rings is 1. The van der Waals surface area contributed by atoms with Crippen LogP contribution >= 0.6 is 34.3 Å². The van der Waals surface area contributed by atoms with Gasteiger partial charge < -0.3 is 46.4 Å². The van der Waals surface area contributed by atoms with Crippen molar-refractivity contribution in [2.45, 2.75) is 104 Å². The van der Waals surface area contributed by atoms with E-state index >= 15 is 0 Å². The van der Waals surface area contributed by atoms with Crippen LogP contribution in [0, 0.1) is 33.1 Å². The molecule has 2 aromatic carbocycles. The minimum absolute atomic E-state index is 0.114. The molecule has 0 spiro atoms. The number of fused-ring (bicyclic) bond motifs is 4. The molecular formula is C51H61ClN12O9S2. The molecule has 8 rings (SSSR count). The van der Waals surface area contributed by atoms with E-state index in [2.05, 4.69) is 47.1 Å². The average Bonchev–Trinajstić information content (AvgIpc) is 4.14. The van der Waals surface area contributed by atoms with E-state index in [0.29, 0.717) is 27.9 Å². The van der Waals surface area contributed by atoms with E-state index in [9.17, 15) is 39.0 Å². The number of ether oxygens (including phenoxy) is 1. The summed E-state index contributed by atoms with van der Waals surface area (Å²) in [5, 5.41) is 49.4. The number of thiophene rings is 1. The third-order valence-electron chi connectivity index (χ3n) is 13.3. The van der Waals surface area contributed by atoms with Crippen LogP contribution in [0.2, 0.25) is 5.02 Å². The zero-order valence-electron chi connectivity index (χ0n) is 42.5. The lowest BCUT2D eigenvalue weighted by atomic mass is 9.85. The SMILES string of the molecule is Cc1ncsc1-c1ccc([C@H]2NC(=O)[C@@H]3C[C@@H](O)CN3C(=O)[C@H](C(C)(C)C)NC(=O)COCCNC(=O)[C@@H](CNC(=O)C[C@@H]3N=C(c4ccc(Cl)cc4)c4c(sc(C)c4C)-n4c(C)nnc43)NC(=O)CNC2O)cc1. The van der Waals surface area contributed by atoms with Gasteiger partial charge in [0, 0.05) is 47.1 Å². The fourth-order valence-electron chi connectivity index (χ4n) is 9.24. The van der Waals surface area contributed by atoms with Gasteiger partial charge in [0.1, 0.15) is 47.8 Å². The van der Waals surface area contributed by atoms with Gasteiger partial charge in [0.2, 0.25) is 35.4 Å². The Kier molecular flexibility index (Phi) is 16.9. The van der Waals surface area contributed by atoms with Gasteiger partial charge in [0.05, 0.1) is 53.5 Å². The molecule has 21 nitrogen and oxygen atoms in total. The fraction of sp³-hybridized carbons (Fsp3) is 0.451. The molecular weight excluding hydrogens is 1020 g/mol. The zero-order valence-corrected chi connectivity index (χ0v) is 44.9. The predicted molar refractivity (Wildman–Crippen MR) is 281 cm³/mol. The van der Waals surface area contributed by atoms with Gasteiger partial charge in [-0.15, -0.1) is 32.9 Å². The summed E-state index contributed by atoms with van der Waals surface area (Å²) in [6.07, 6.45) is -3.04. The Balaban J connectivity index is 1.04. The van der Waals surface area contributed by atoms with Crippen molar-refractivity contribution in [1.29, 1.82) is 0 Å². The summed E-state index contributed by atoms with van der Waals surface area (Å²) in [5.74, 6) is -2.89. The molecule has 75 heavy (non-hydrogen) atoms. The standard InChI is InChI=1S/C51H61ClN12O9S2/c1-25-27(3)75-50-40(25)41(29-12-14-32(52)15-13-29)58-34(45-62-61-28(4)64(45)50)19-37(66)54-20-35-46(69)53-16-17-73-23-39(68)59-44(51(5,6)7)49(72)63-22-33(65)18-36(63)47(70)60-42(48(71)55-21-38(67)57-35)30-8-10-31(11-9-30)43-26(2)56-24-74-43/h8-15,24,33-36,42,44,48,55,65,71H,16-23H2,1-7H3,(H,53,69)(H,54,66)(H,57,67)(H,59,68)(H,60,70)/t33-,34+,35-,36+,42-,44-,48?/m1/s1. The normalized spacial score (nSPS) is 23.5. The van der Waals surface area contributed by atoms with E-state index in [-0.39, 0.29) is 39.1 Å². The van der Waals surface area contributed by atoms with Gasteiger partial charge in [-0.25, -0.2) is 4.98 Å². The molecule has 0 radical (unpaired) electrons. The number of hydrogen-bond donors (Lipinski definition) is 8. The number of aliphatic imine (C=N–C) groups is 1. The summed E-state index contributed by atoms with van der Waals surface area (Å²) in [7, 11) is 0. The van der Waals surface area contributed by atoms with Crippen LogP contribution in [-0.2, 0) is 33.5 Å². The molecule has 3 aromatic heterocycles. The third-order valence-corrected chi connectivity index (χ3v) is 15.7. The third kappa shape index (κ3) is 12.5. The van der Waals surface area contributed by atoms with E-state index in [1.54, 1.807) is 61.9 Å². The largest absolute Gasteiger partial charge is 0.391 e. The van der Waals surface area contributed by atoms with E-state index < -0.39 is 96.6 Å². The monoisotopic (exact) mass is 1080 g/mol. The number of aliphatic hydroxyl groups is 2. The lowest BCUT2D eigenvalue weighted by Crippen LogP contribution is -2.59. The second-order valence-corrected chi connectivity index (χ2v) is 22.3. The average molecular weight is 1090 g/mol. The second-order valence-electron chi connectivity index (χ2n) is 19.8. The highest BCUT2D eigenvalue weighted by molar-refractivity contribution is 7.15. The molecule has 0 bridgehead atoms. The highest BCUT2D eigenvalue weighted by atomic mass is 35.5. The zero-order chi connectivity index (χ0) is 53.9. The number of halogens is 1. The highest BCUT2D eigenvalue weighted by Crippen LogP contribution is 2.40. The summed E-state index contributed by atoms with van der Waals surface area (Å²) < 4.78 is 7.49. The molecule has 398 valence electrons. The van der Waals surface area contributed by atoms with Gasteiger partial charge in [-0.3, -0.25) is 43.6 Å². The minimum Gasteiger partial charge on any atom is -0.391 e. The van der Waals surface area contributed by atoms with Crippen molar-refractivity contribution >= 4 is 75.4 Å². The molecule has 3 aliphatic rings. The Labute approximate surface area is 446 Å². The molecule has 0 saturated carbocycles. The van der Waals surface area contributed by atoms with E-state index in [1.165, 1.54) is 16.2 Å².